The van der Waals surface area contributed by atoms with Crippen molar-refractivity contribution in [2.75, 3.05) is 0 Å². The third-order valence-corrected chi connectivity index (χ3v) is 7.54. The smallest absolute Gasteiger partial charge is 0.247 e. The Hall–Kier alpha value is -3.64. The maximum Gasteiger partial charge on any atom is 0.247 e. The largest absolute Gasteiger partial charge is 0.361 e. The first-order valence-corrected chi connectivity index (χ1v) is 13.3. The van der Waals surface area contributed by atoms with Crippen LogP contribution >= 0.6 is 11.6 Å². The van der Waals surface area contributed by atoms with Crippen LogP contribution in [0.2, 0.25) is 5.02 Å². The van der Waals surface area contributed by atoms with Gasteiger partial charge >= 0.3 is 0 Å². The number of nitrogens with zero attached hydrogens (tertiary/aromatic N) is 2. The fourth-order valence-corrected chi connectivity index (χ4v) is 5.42. The Bertz CT molecular complexity index is 1360. The van der Waals surface area contributed by atoms with Gasteiger partial charge in [0.15, 0.2) is 0 Å². The van der Waals surface area contributed by atoms with Crippen LogP contribution in [-0.2, 0) is 22.6 Å². The summed E-state index contributed by atoms with van der Waals surface area (Å²) >= 11 is 6.53. The zero-order valence-corrected chi connectivity index (χ0v) is 21.5. The Morgan fingerprint density at radius 2 is 1.70 bits per heavy atom. The number of nitrogens with one attached hydrogen (secondary N) is 2. The van der Waals surface area contributed by atoms with Crippen LogP contribution in [0.5, 0.6) is 0 Å². The van der Waals surface area contributed by atoms with Gasteiger partial charge in [-0.3, -0.25) is 14.6 Å². The van der Waals surface area contributed by atoms with Gasteiger partial charge in [0.2, 0.25) is 11.8 Å². The molecule has 5 rings (SSSR count). The fourth-order valence-electron chi connectivity index (χ4n) is 5.22. The lowest BCUT2D eigenvalue weighted by atomic mass is 9.94. The molecule has 37 heavy (non-hydrogen) atoms. The normalized spacial score (nSPS) is 14.8. The summed E-state index contributed by atoms with van der Waals surface area (Å²) in [6.07, 6.45) is 10.7. The Morgan fingerprint density at radius 1 is 0.973 bits per heavy atom. The lowest BCUT2D eigenvalue weighted by Crippen LogP contribution is -2.47. The van der Waals surface area contributed by atoms with Crippen molar-refractivity contribution in [2.24, 2.45) is 0 Å². The highest BCUT2D eigenvalue weighted by Gasteiger charge is 2.33. The number of hydrogen-bond donors (Lipinski definition) is 2. The van der Waals surface area contributed by atoms with Crippen LogP contribution in [0.1, 0.15) is 54.8 Å². The number of halogens is 1. The SMILES string of the molecule is O=C(NC1CCCCC1)[C@@H](c1ccncc1)N(Cc1ccccc1Cl)C(=O)Cc1c[nH]c2ccccc12. The molecule has 0 bridgehead atoms. The summed E-state index contributed by atoms with van der Waals surface area (Å²) in [5.41, 5.74) is 3.39. The van der Waals surface area contributed by atoms with Gasteiger partial charge < -0.3 is 15.2 Å². The number of benzene rings is 2. The number of para-hydroxylation sites is 1. The van der Waals surface area contributed by atoms with E-state index in [1.54, 1.807) is 17.3 Å². The van der Waals surface area contributed by atoms with Crippen molar-refractivity contribution >= 4 is 34.3 Å². The first-order chi connectivity index (χ1) is 18.1. The third-order valence-electron chi connectivity index (χ3n) is 7.17. The molecule has 0 radical (unpaired) electrons. The number of amides is 2. The predicted molar refractivity (Wildman–Crippen MR) is 146 cm³/mol. The third kappa shape index (κ3) is 5.86. The van der Waals surface area contributed by atoms with Gasteiger partial charge in [-0.05, 0) is 53.8 Å². The molecule has 0 saturated heterocycles. The van der Waals surface area contributed by atoms with Crippen LogP contribution in [0.3, 0.4) is 0 Å². The molecule has 2 N–H and O–H groups in total. The molecular weight excluding hydrogens is 484 g/mol. The highest BCUT2D eigenvalue weighted by Crippen LogP contribution is 2.29. The monoisotopic (exact) mass is 514 g/mol. The number of aromatic nitrogens is 2. The van der Waals surface area contributed by atoms with Crippen LogP contribution < -0.4 is 5.32 Å². The second kappa shape index (κ2) is 11.6. The molecular formula is C30H31ClN4O2. The Balaban J connectivity index is 1.51. The van der Waals surface area contributed by atoms with Gasteiger partial charge in [-0.1, -0.05) is 67.3 Å². The molecule has 1 saturated carbocycles. The van der Waals surface area contributed by atoms with E-state index >= 15 is 0 Å². The van der Waals surface area contributed by atoms with Gasteiger partial charge in [-0.2, -0.15) is 0 Å². The van der Waals surface area contributed by atoms with E-state index in [4.69, 9.17) is 11.6 Å². The summed E-state index contributed by atoms with van der Waals surface area (Å²) in [4.78, 5) is 37.0. The zero-order valence-electron chi connectivity index (χ0n) is 20.7. The van der Waals surface area contributed by atoms with Crippen LogP contribution in [0.15, 0.2) is 79.3 Å². The highest BCUT2D eigenvalue weighted by molar-refractivity contribution is 6.31. The maximum absolute atomic E-state index is 14.1. The first kappa shape index (κ1) is 25.0. The summed E-state index contributed by atoms with van der Waals surface area (Å²) in [5.74, 6) is -0.317. The summed E-state index contributed by atoms with van der Waals surface area (Å²) in [6, 6.07) is 18.3. The van der Waals surface area contributed by atoms with Crippen molar-refractivity contribution < 1.29 is 9.59 Å². The minimum absolute atomic E-state index is 0.122. The van der Waals surface area contributed by atoms with Crippen molar-refractivity contribution in [3.8, 4) is 0 Å². The van der Waals surface area contributed by atoms with E-state index in [2.05, 4.69) is 15.3 Å². The highest BCUT2D eigenvalue weighted by atomic mass is 35.5. The molecule has 2 amide bonds. The zero-order chi connectivity index (χ0) is 25.6. The van der Waals surface area contributed by atoms with Crippen molar-refractivity contribution in [2.45, 2.75) is 57.2 Å². The van der Waals surface area contributed by atoms with Crippen molar-refractivity contribution in [1.29, 1.82) is 0 Å². The molecule has 1 aliphatic rings. The van der Waals surface area contributed by atoms with Crippen LogP contribution in [0, 0.1) is 0 Å². The van der Waals surface area contributed by atoms with Crippen molar-refractivity contribution in [1.82, 2.24) is 20.2 Å². The number of carbonyl (C=O) groups excluding carboxylic acids is 2. The topological polar surface area (TPSA) is 78.1 Å². The minimum atomic E-state index is -0.807. The first-order valence-electron chi connectivity index (χ1n) is 12.9. The molecule has 190 valence electrons. The Morgan fingerprint density at radius 3 is 2.49 bits per heavy atom. The van der Waals surface area contributed by atoms with Crippen molar-refractivity contribution in [3.05, 3.63) is 101 Å². The van der Waals surface area contributed by atoms with E-state index in [-0.39, 0.29) is 30.8 Å². The van der Waals surface area contributed by atoms with Crippen LogP contribution in [0.25, 0.3) is 10.9 Å². The van der Waals surface area contributed by atoms with E-state index in [9.17, 15) is 9.59 Å². The molecule has 2 aromatic carbocycles. The average Bonchev–Trinajstić information content (AvgIpc) is 3.33. The fraction of sp³-hybridized carbons (Fsp3) is 0.300. The van der Waals surface area contributed by atoms with E-state index in [0.29, 0.717) is 5.02 Å². The molecule has 4 aromatic rings. The maximum atomic E-state index is 14.1. The van der Waals surface area contributed by atoms with E-state index in [0.717, 1.165) is 53.3 Å². The minimum Gasteiger partial charge on any atom is -0.361 e. The Labute approximate surface area is 222 Å². The van der Waals surface area contributed by atoms with Crippen LogP contribution in [-0.4, -0.2) is 32.7 Å². The molecule has 7 heteroatoms. The van der Waals surface area contributed by atoms with Gasteiger partial charge in [-0.15, -0.1) is 0 Å². The van der Waals surface area contributed by atoms with Gasteiger partial charge in [-0.25, -0.2) is 0 Å². The summed E-state index contributed by atoms with van der Waals surface area (Å²) in [6.45, 7) is 0.214. The lowest BCUT2D eigenvalue weighted by Gasteiger charge is -2.33. The second-order valence-corrected chi connectivity index (χ2v) is 10.1. The Kier molecular flexibility index (Phi) is 7.85. The number of H-pyrrole nitrogens is 1. The standard InChI is InChI=1S/C30H31ClN4O2/c31-26-12-6-4-8-22(26)20-35(28(36)18-23-19-33-27-13-7-5-11-25(23)27)29(21-14-16-32-17-15-21)30(37)34-24-9-2-1-3-10-24/h4-8,11-17,19,24,29,33H,1-3,9-10,18,20H2,(H,34,37)/t29-/m1/s1. The molecule has 1 atom stereocenters. The quantitative estimate of drug-likeness (QED) is 0.304. The number of aromatic amines is 1. The number of pyridine rings is 1. The molecule has 0 aliphatic heterocycles. The van der Waals surface area contributed by atoms with Gasteiger partial charge in [0.25, 0.3) is 0 Å². The summed E-state index contributed by atoms with van der Waals surface area (Å²) in [5, 5.41) is 4.81. The number of hydrogen-bond acceptors (Lipinski definition) is 3. The number of rotatable bonds is 8. The molecule has 1 aliphatic carbocycles. The summed E-state index contributed by atoms with van der Waals surface area (Å²) in [7, 11) is 0. The average molecular weight is 515 g/mol. The molecule has 2 aromatic heterocycles. The van der Waals surface area contributed by atoms with Crippen molar-refractivity contribution in [3.63, 3.8) is 0 Å². The van der Waals surface area contributed by atoms with Gasteiger partial charge in [0.05, 0.1) is 6.42 Å². The molecule has 0 unspecified atom stereocenters. The van der Waals surface area contributed by atoms with Crippen LogP contribution in [0.4, 0.5) is 0 Å². The number of carbonyl (C=O) groups is 2. The molecule has 2 heterocycles. The predicted octanol–water partition coefficient (Wildman–Crippen LogP) is 5.98. The van der Waals surface area contributed by atoms with E-state index < -0.39 is 6.04 Å². The number of fused-ring (bicyclic) bond motifs is 1. The van der Waals surface area contributed by atoms with Gasteiger partial charge in [0, 0.05) is 47.1 Å². The molecule has 0 spiro atoms. The summed E-state index contributed by atoms with van der Waals surface area (Å²) < 4.78 is 0. The van der Waals surface area contributed by atoms with Gasteiger partial charge in [0.1, 0.15) is 6.04 Å². The van der Waals surface area contributed by atoms with E-state index in [1.165, 1.54) is 6.42 Å². The molecule has 6 nitrogen and oxygen atoms in total. The second-order valence-electron chi connectivity index (χ2n) is 9.68. The molecule has 1 fully saturated rings. The lowest BCUT2D eigenvalue weighted by molar-refractivity contribution is -0.141. The van der Waals surface area contributed by atoms with E-state index in [1.807, 2.05) is 66.9 Å².